The van der Waals surface area contributed by atoms with Crippen LogP contribution in [0.4, 0.5) is 5.13 Å². The predicted molar refractivity (Wildman–Crippen MR) is 161 cm³/mol. The Bertz CT molecular complexity index is 1150. The van der Waals surface area contributed by atoms with E-state index >= 15 is 0 Å². The summed E-state index contributed by atoms with van der Waals surface area (Å²) in [6.45, 7) is 11.9. The molecule has 211 valence electrons. The topological polar surface area (TPSA) is 94.5 Å². The predicted octanol–water partition coefficient (Wildman–Crippen LogP) is 5.67. The van der Waals surface area contributed by atoms with Crippen molar-refractivity contribution in [1.82, 2.24) is 14.8 Å². The first-order chi connectivity index (χ1) is 18.8. The van der Waals surface area contributed by atoms with Crippen LogP contribution < -0.4 is 10.6 Å². The van der Waals surface area contributed by atoms with E-state index in [2.05, 4.69) is 36.4 Å². The van der Waals surface area contributed by atoms with Gasteiger partial charge in [-0.15, -0.1) is 11.3 Å². The molecule has 0 spiro atoms. The van der Waals surface area contributed by atoms with Crippen molar-refractivity contribution in [3.05, 3.63) is 59.2 Å². The number of rotatable bonds is 14. The number of aryl methyl sites for hydroxylation is 1. The fraction of sp³-hybridized carbons (Fsp3) is 0.483. The first-order valence-corrected chi connectivity index (χ1v) is 14.4. The van der Waals surface area contributed by atoms with Gasteiger partial charge in [0.25, 0.3) is 5.91 Å². The van der Waals surface area contributed by atoms with Gasteiger partial charge in [0.05, 0.1) is 37.1 Å². The number of methoxy groups -OCH3 is 1. The van der Waals surface area contributed by atoms with E-state index in [-0.39, 0.29) is 18.4 Å². The minimum atomic E-state index is -0.315. The molecule has 2 unspecified atom stereocenters. The number of amides is 2. The van der Waals surface area contributed by atoms with E-state index in [4.69, 9.17) is 9.47 Å². The van der Waals surface area contributed by atoms with Crippen molar-refractivity contribution in [2.24, 2.45) is 5.92 Å². The number of aromatic nitrogens is 2. The highest BCUT2D eigenvalue weighted by molar-refractivity contribution is 7.14. The number of nitrogens with zero attached hydrogens (tertiary/aromatic N) is 2. The van der Waals surface area contributed by atoms with Crippen molar-refractivity contribution >= 4 is 35.7 Å². The minimum absolute atomic E-state index is 0.112. The minimum Gasteiger partial charge on any atom is -0.402 e. The molecule has 10 heteroatoms. The molecule has 1 aromatic carbocycles. The summed E-state index contributed by atoms with van der Waals surface area (Å²) in [5.41, 5.74) is 3.48. The maximum atomic E-state index is 12.0. The van der Waals surface area contributed by atoms with E-state index in [1.54, 1.807) is 30.0 Å². The van der Waals surface area contributed by atoms with Crippen molar-refractivity contribution in [2.45, 2.75) is 59.9 Å². The van der Waals surface area contributed by atoms with Crippen LogP contribution in [-0.4, -0.2) is 61.7 Å². The van der Waals surface area contributed by atoms with Crippen molar-refractivity contribution in [3.8, 4) is 11.3 Å². The Morgan fingerprint density at radius 1 is 1.18 bits per heavy atom. The molecule has 39 heavy (non-hydrogen) atoms. The SMILES string of the molecule is CCC(C)CC(CC)OCCOC.C[B]n1ccc(C(=O)NCC(=O)Nc2nc(-c3cccc(C)c3)cs2)c1. The summed E-state index contributed by atoms with van der Waals surface area (Å²) in [6.07, 6.45) is 7.42. The van der Waals surface area contributed by atoms with Crippen LogP contribution in [0.1, 0.15) is 56.0 Å². The van der Waals surface area contributed by atoms with Gasteiger partial charge in [-0.05, 0) is 44.0 Å². The summed E-state index contributed by atoms with van der Waals surface area (Å²) in [7, 11) is 3.54. The fourth-order valence-corrected chi connectivity index (χ4v) is 4.40. The molecule has 1 radical (unpaired) electrons. The summed E-state index contributed by atoms with van der Waals surface area (Å²) >= 11 is 1.35. The zero-order chi connectivity index (χ0) is 28.6. The van der Waals surface area contributed by atoms with Crippen LogP contribution in [0.2, 0.25) is 6.82 Å². The second-order valence-corrected chi connectivity index (χ2v) is 10.2. The number of benzene rings is 1. The Morgan fingerprint density at radius 2 is 1.97 bits per heavy atom. The van der Waals surface area contributed by atoms with Crippen molar-refractivity contribution in [2.75, 3.05) is 32.2 Å². The summed E-state index contributed by atoms with van der Waals surface area (Å²) in [5.74, 6) is 0.165. The lowest BCUT2D eigenvalue weighted by molar-refractivity contribution is -0.115. The summed E-state index contributed by atoms with van der Waals surface area (Å²) in [6, 6.07) is 9.71. The third-order valence-corrected chi connectivity index (χ3v) is 6.96. The van der Waals surface area contributed by atoms with Gasteiger partial charge in [-0.1, -0.05) is 57.8 Å². The van der Waals surface area contributed by atoms with E-state index in [9.17, 15) is 9.59 Å². The second-order valence-electron chi connectivity index (χ2n) is 9.39. The highest BCUT2D eigenvalue weighted by Gasteiger charge is 2.12. The van der Waals surface area contributed by atoms with E-state index in [0.29, 0.717) is 23.4 Å². The second kappa shape index (κ2) is 17.6. The van der Waals surface area contributed by atoms with Crippen LogP contribution >= 0.6 is 11.3 Å². The Hall–Kier alpha value is -2.95. The van der Waals surface area contributed by atoms with Crippen LogP contribution in [0.15, 0.2) is 48.1 Å². The third kappa shape index (κ3) is 11.8. The molecule has 0 fully saturated rings. The first-order valence-electron chi connectivity index (χ1n) is 13.5. The molecule has 2 N–H and O–H groups in total. The van der Waals surface area contributed by atoms with Crippen LogP contribution in [-0.2, 0) is 14.3 Å². The van der Waals surface area contributed by atoms with Crippen molar-refractivity contribution in [3.63, 3.8) is 0 Å². The molecule has 2 heterocycles. The highest BCUT2D eigenvalue weighted by Crippen LogP contribution is 2.25. The van der Waals surface area contributed by atoms with Crippen LogP contribution in [0.25, 0.3) is 11.3 Å². The lowest BCUT2D eigenvalue weighted by atomic mass is 10.00. The zero-order valence-corrected chi connectivity index (χ0v) is 24.8. The Balaban J connectivity index is 0.000000349. The van der Waals surface area contributed by atoms with E-state index in [1.165, 1.54) is 24.2 Å². The van der Waals surface area contributed by atoms with Crippen molar-refractivity contribution in [1.29, 1.82) is 0 Å². The number of anilines is 1. The van der Waals surface area contributed by atoms with Crippen LogP contribution in [0, 0.1) is 12.8 Å². The molecule has 2 aromatic heterocycles. The molecule has 0 saturated carbocycles. The van der Waals surface area contributed by atoms with Crippen LogP contribution in [0.5, 0.6) is 0 Å². The number of ether oxygens (including phenoxy) is 2. The number of hydrogen-bond acceptors (Lipinski definition) is 6. The van der Waals surface area contributed by atoms with Gasteiger partial charge in [0.15, 0.2) is 5.13 Å². The molecular formula is C29H42BN4O4S. The Morgan fingerprint density at radius 3 is 2.62 bits per heavy atom. The van der Waals surface area contributed by atoms with Gasteiger partial charge >= 0.3 is 0 Å². The van der Waals surface area contributed by atoms with Gasteiger partial charge in [-0.25, -0.2) is 4.98 Å². The standard InChI is InChI=1S/C18H18BN4O2S.C11H24O2/c1-12-4-3-5-13(8-12)15-11-26-18(21-15)22-16(24)9-20-17(25)14-6-7-23(10-14)19-2;1-5-10(3)9-11(6-2)13-8-7-12-4/h3-8,10-11H,9H2,1-2H3,(H,20,25)(H,21,22,24);10-11H,5-9H2,1-4H3. The number of nitrogens with one attached hydrogen (secondary N) is 2. The van der Waals surface area contributed by atoms with E-state index < -0.39 is 0 Å². The quantitative estimate of drug-likeness (QED) is 0.198. The lowest BCUT2D eigenvalue weighted by Crippen LogP contribution is -2.32. The zero-order valence-electron chi connectivity index (χ0n) is 24.0. The molecule has 3 aromatic rings. The monoisotopic (exact) mass is 553 g/mol. The smallest absolute Gasteiger partial charge is 0.253 e. The lowest BCUT2D eigenvalue weighted by Gasteiger charge is -2.19. The summed E-state index contributed by atoms with van der Waals surface area (Å²) < 4.78 is 12.4. The van der Waals surface area contributed by atoms with Gasteiger partial charge in [-0.3, -0.25) is 9.59 Å². The van der Waals surface area contributed by atoms with Gasteiger partial charge in [0.1, 0.15) is 0 Å². The molecule has 8 nitrogen and oxygen atoms in total. The summed E-state index contributed by atoms with van der Waals surface area (Å²) in [4.78, 5) is 28.5. The molecular weight excluding hydrogens is 511 g/mol. The average Bonchev–Trinajstić information content (AvgIpc) is 3.61. The van der Waals surface area contributed by atoms with E-state index in [1.807, 2.05) is 50.8 Å². The highest BCUT2D eigenvalue weighted by atomic mass is 32.1. The molecule has 0 aliphatic heterocycles. The number of hydrogen-bond donors (Lipinski definition) is 2. The fourth-order valence-electron chi connectivity index (χ4n) is 3.67. The van der Waals surface area contributed by atoms with Crippen molar-refractivity contribution < 1.29 is 19.1 Å². The number of carbonyl (C=O) groups is 2. The number of thiazole rings is 1. The molecule has 2 amide bonds. The first kappa shape index (κ1) is 32.3. The number of carbonyl (C=O) groups excluding carboxylic acids is 2. The van der Waals surface area contributed by atoms with Gasteiger partial charge < -0.3 is 24.6 Å². The molecule has 2 atom stereocenters. The van der Waals surface area contributed by atoms with Gasteiger partial charge in [0.2, 0.25) is 13.3 Å². The van der Waals surface area contributed by atoms with Gasteiger partial charge in [-0.2, -0.15) is 0 Å². The molecule has 0 aliphatic rings. The molecule has 0 saturated heterocycles. The third-order valence-electron chi connectivity index (χ3n) is 6.21. The largest absolute Gasteiger partial charge is 0.402 e. The Kier molecular flexibility index (Phi) is 14.6. The summed E-state index contributed by atoms with van der Waals surface area (Å²) in [5, 5.41) is 7.72. The normalized spacial score (nSPS) is 12.2. The maximum Gasteiger partial charge on any atom is 0.253 e. The Labute approximate surface area is 237 Å². The van der Waals surface area contributed by atoms with Gasteiger partial charge in [0, 0.05) is 24.3 Å². The molecule has 3 rings (SSSR count). The molecule has 0 aliphatic carbocycles. The average molecular weight is 554 g/mol. The maximum absolute atomic E-state index is 12.0. The van der Waals surface area contributed by atoms with E-state index in [0.717, 1.165) is 35.8 Å². The van der Waals surface area contributed by atoms with Crippen LogP contribution in [0.3, 0.4) is 0 Å². The molecule has 0 bridgehead atoms.